The monoisotopic (exact) mass is 286 g/mol. The van der Waals surface area contributed by atoms with Gasteiger partial charge in [0, 0.05) is 24.0 Å². The van der Waals surface area contributed by atoms with E-state index >= 15 is 0 Å². The minimum Gasteiger partial charge on any atom is -0.491 e. The van der Waals surface area contributed by atoms with Crippen LogP contribution in [0.15, 0.2) is 42.6 Å². The normalized spacial score (nSPS) is 10.2. The molecule has 2 aromatic rings. The Morgan fingerprint density at radius 3 is 2.86 bits per heavy atom. The van der Waals surface area contributed by atoms with E-state index in [2.05, 4.69) is 10.3 Å². The number of carbonyl (C=O) groups excluding carboxylic acids is 1. The summed E-state index contributed by atoms with van der Waals surface area (Å²) in [6.45, 7) is 2.34. The van der Waals surface area contributed by atoms with Crippen molar-refractivity contribution < 1.29 is 14.6 Å². The topological polar surface area (TPSA) is 71.5 Å². The van der Waals surface area contributed by atoms with Crippen LogP contribution in [0, 0.1) is 6.92 Å². The van der Waals surface area contributed by atoms with Crippen LogP contribution in [0.3, 0.4) is 0 Å². The molecule has 110 valence electrons. The van der Waals surface area contributed by atoms with Crippen LogP contribution in [0.5, 0.6) is 5.75 Å². The Bertz CT molecular complexity index is 614. The Labute approximate surface area is 123 Å². The maximum atomic E-state index is 12.1. The molecular formula is C16H18N2O3. The minimum atomic E-state index is -0.169. The van der Waals surface area contributed by atoms with E-state index in [0.717, 1.165) is 5.56 Å². The lowest BCUT2D eigenvalue weighted by atomic mass is 10.1. The fourth-order valence-electron chi connectivity index (χ4n) is 1.94. The zero-order valence-electron chi connectivity index (χ0n) is 11.9. The molecule has 1 heterocycles. The Hall–Kier alpha value is -2.40. The molecule has 0 aliphatic rings. The molecule has 5 heteroatoms. The molecule has 21 heavy (non-hydrogen) atoms. The van der Waals surface area contributed by atoms with E-state index < -0.39 is 0 Å². The van der Waals surface area contributed by atoms with E-state index in [0.29, 0.717) is 23.6 Å². The number of hydrogen-bond donors (Lipinski definition) is 2. The second kappa shape index (κ2) is 7.40. The van der Waals surface area contributed by atoms with Crippen molar-refractivity contribution in [1.82, 2.24) is 10.3 Å². The molecule has 0 atom stereocenters. The summed E-state index contributed by atoms with van der Waals surface area (Å²) in [6.07, 6.45) is 1.66. The number of para-hydroxylation sites is 1. The van der Waals surface area contributed by atoms with Gasteiger partial charge in [-0.15, -0.1) is 0 Å². The summed E-state index contributed by atoms with van der Waals surface area (Å²) < 4.78 is 5.43. The number of nitrogens with zero attached hydrogens (tertiary/aromatic N) is 1. The van der Waals surface area contributed by atoms with Gasteiger partial charge in [0.2, 0.25) is 0 Å². The number of benzene rings is 1. The third-order valence-electron chi connectivity index (χ3n) is 3.01. The lowest BCUT2D eigenvalue weighted by molar-refractivity contribution is 0.0949. The number of aryl methyl sites for hydroxylation is 1. The van der Waals surface area contributed by atoms with E-state index in [1.54, 1.807) is 25.3 Å². The first kappa shape index (κ1) is 15.0. The number of pyridine rings is 1. The van der Waals surface area contributed by atoms with Crippen LogP contribution >= 0.6 is 0 Å². The molecule has 5 nitrogen and oxygen atoms in total. The molecule has 0 radical (unpaired) electrons. The molecule has 2 rings (SSSR count). The summed E-state index contributed by atoms with van der Waals surface area (Å²) in [7, 11) is 0. The first-order valence-electron chi connectivity index (χ1n) is 6.73. The van der Waals surface area contributed by atoms with E-state index in [-0.39, 0.29) is 19.1 Å². The Morgan fingerprint density at radius 1 is 1.29 bits per heavy atom. The highest BCUT2D eigenvalue weighted by Crippen LogP contribution is 2.17. The van der Waals surface area contributed by atoms with Gasteiger partial charge in [-0.2, -0.15) is 0 Å². The zero-order chi connectivity index (χ0) is 15.1. The Morgan fingerprint density at radius 2 is 2.10 bits per heavy atom. The van der Waals surface area contributed by atoms with E-state index in [1.807, 2.05) is 24.3 Å². The van der Waals surface area contributed by atoms with Crippen LogP contribution in [-0.2, 0) is 6.54 Å². The smallest absolute Gasteiger partial charge is 0.253 e. The summed E-state index contributed by atoms with van der Waals surface area (Å²) in [5.74, 6) is 0.493. The quantitative estimate of drug-likeness (QED) is 0.847. The largest absolute Gasteiger partial charge is 0.491 e. The van der Waals surface area contributed by atoms with Crippen LogP contribution < -0.4 is 10.1 Å². The van der Waals surface area contributed by atoms with Crippen molar-refractivity contribution >= 4 is 5.91 Å². The molecule has 0 saturated heterocycles. The SMILES string of the molecule is Cc1ncccc1C(=O)NCc1ccccc1OCCO. The van der Waals surface area contributed by atoms with Gasteiger partial charge in [0.1, 0.15) is 12.4 Å². The highest BCUT2D eigenvalue weighted by atomic mass is 16.5. The van der Waals surface area contributed by atoms with Gasteiger partial charge in [0.25, 0.3) is 5.91 Å². The molecule has 1 aromatic carbocycles. The first-order valence-corrected chi connectivity index (χ1v) is 6.73. The number of aliphatic hydroxyl groups excluding tert-OH is 1. The summed E-state index contributed by atoms with van der Waals surface area (Å²) in [5.41, 5.74) is 2.12. The lowest BCUT2D eigenvalue weighted by Gasteiger charge is -2.12. The standard InChI is InChI=1S/C16H18N2O3/c1-12-14(6-4-8-17-12)16(20)18-11-13-5-2-3-7-15(13)21-10-9-19/h2-8,19H,9-11H2,1H3,(H,18,20). The van der Waals surface area contributed by atoms with Gasteiger partial charge in [0.15, 0.2) is 0 Å². The molecule has 0 fully saturated rings. The van der Waals surface area contributed by atoms with Gasteiger partial charge in [-0.1, -0.05) is 18.2 Å². The average Bonchev–Trinajstić information content (AvgIpc) is 2.52. The summed E-state index contributed by atoms with van der Waals surface area (Å²) >= 11 is 0. The highest BCUT2D eigenvalue weighted by molar-refractivity contribution is 5.95. The van der Waals surface area contributed by atoms with Crippen molar-refractivity contribution in [2.24, 2.45) is 0 Å². The maximum Gasteiger partial charge on any atom is 0.253 e. The van der Waals surface area contributed by atoms with Crippen LogP contribution in [0.2, 0.25) is 0 Å². The fraction of sp³-hybridized carbons (Fsp3) is 0.250. The molecule has 2 N–H and O–H groups in total. The number of aromatic nitrogens is 1. The second-order valence-electron chi connectivity index (χ2n) is 4.50. The molecule has 0 unspecified atom stereocenters. The van der Waals surface area contributed by atoms with Crippen LogP contribution in [-0.4, -0.2) is 29.2 Å². The number of amides is 1. The predicted molar refractivity (Wildman–Crippen MR) is 79.2 cm³/mol. The Balaban J connectivity index is 2.03. The van der Waals surface area contributed by atoms with Gasteiger partial charge in [-0.25, -0.2) is 0 Å². The molecule has 1 aromatic heterocycles. The second-order valence-corrected chi connectivity index (χ2v) is 4.50. The minimum absolute atomic E-state index is 0.0461. The number of aliphatic hydroxyl groups is 1. The van der Waals surface area contributed by atoms with Gasteiger partial charge in [0.05, 0.1) is 12.2 Å². The van der Waals surface area contributed by atoms with E-state index in [1.165, 1.54) is 0 Å². The highest BCUT2D eigenvalue weighted by Gasteiger charge is 2.10. The molecule has 0 aliphatic carbocycles. The molecule has 1 amide bonds. The number of rotatable bonds is 6. The first-order chi connectivity index (χ1) is 10.2. The van der Waals surface area contributed by atoms with Crippen molar-refractivity contribution in [3.63, 3.8) is 0 Å². The summed E-state index contributed by atoms with van der Waals surface area (Å²) in [6, 6.07) is 10.9. The third kappa shape index (κ3) is 4.03. The van der Waals surface area contributed by atoms with E-state index in [9.17, 15) is 4.79 Å². The van der Waals surface area contributed by atoms with Crippen molar-refractivity contribution in [3.8, 4) is 5.75 Å². The van der Waals surface area contributed by atoms with E-state index in [4.69, 9.17) is 9.84 Å². The van der Waals surface area contributed by atoms with Crippen LogP contribution in [0.25, 0.3) is 0 Å². The van der Waals surface area contributed by atoms with Crippen molar-refractivity contribution in [3.05, 3.63) is 59.4 Å². The van der Waals surface area contributed by atoms with Gasteiger partial charge in [-0.05, 0) is 25.1 Å². The Kier molecular flexibility index (Phi) is 5.29. The van der Waals surface area contributed by atoms with Gasteiger partial charge in [-0.3, -0.25) is 9.78 Å². The number of ether oxygens (including phenoxy) is 1. The maximum absolute atomic E-state index is 12.1. The molecule has 0 aliphatic heterocycles. The zero-order valence-corrected chi connectivity index (χ0v) is 11.9. The van der Waals surface area contributed by atoms with Crippen molar-refractivity contribution in [2.45, 2.75) is 13.5 Å². The van der Waals surface area contributed by atoms with Crippen molar-refractivity contribution in [1.29, 1.82) is 0 Å². The number of carbonyl (C=O) groups is 1. The van der Waals surface area contributed by atoms with Gasteiger partial charge >= 0.3 is 0 Å². The fourth-order valence-corrected chi connectivity index (χ4v) is 1.94. The molecule has 0 saturated carbocycles. The average molecular weight is 286 g/mol. The van der Waals surface area contributed by atoms with Crippen LogP contribution in [0.1, 0.15) is 21.6 Å². The molecule has 0 spiro atoms. The van der Waals surface area contributed by atoms with Crippen LogP contribution in [0.4, 0.5) is 0 Å². The predicted octanol–water partition coefficient (Wildman–Crippen LogP) is 1.69. The summed E-state index contributed by atoms with van der Waals surface area (Å²) in [4.78, 5) is 16.2. The molecule has 0 bridgehead atoms. The van der Waals surface area contributed by atoms with Crippen molar-refractivity contribution in [2.75, 3.05) is 13.2 Å². The number of hydrogen-bond acceptors (Lipinski definition) is 4. The van der Waals surface area contributed by atoms with Gasteiger partial charge < -0.3 is 15.2 Å². The summed E-state index contributed by atoms with van der Waals surface area (Å²) in [5, 5.41) is 11.7. The molecular weight excluding hydrogens is 268 g/mol. The lowest BCUT2D eigenvalue weighted by Crippen LogP contribution is -2.24. The number of nitrogens with one attached hydrogen (secondary N) is 1. The third-order valence-corrected chi connectivity index (χ3v) is 3.01.